The molecule has 1 atom stereocenters. The second-order valence-electron chi connectivity index (χ2n) is 5.56. The fourth-order valence-electron chi connectivity index (χ4n) is 3.14. The summed E-state index contributed by atoms with van der Waals surface area (Å²) in [5.74, 6) is 0.672. The number of hydrogen-bond donors (Lipinski definition) is 1. The van der Waals surface area contributed by atoms with Gasteiger partial charge in [0.15, 0.2) is 0 Å². The molecule has 0 bridgehead atoms. The number of halogens is 1. The van der Waals surface area contributed by atoms with Crippen LogP contribution in [0, 0.1) is 5.92 Å². The summed E-state index contributed by atoms with van der Waals surface area (Å²) >= 11 is 0. The molecule has 2 N–H and O–H groups in total. The first-order valence-electron chi connectivity index (χ1n) is 7.25. The number of nitrogens with two attached hydrogens (primary N) is 1. The second-order valence-corrected chi connectivity index (χ2v) is 5.56. The second kappa shape index (κ2) is 6.92. The molecule has 106 valence electrons. The first-order chi connectivity index (χ1) is 9.34. The maximum absolute atomic E-state index is 6.45. The van der Waals surface area contributed by atoms with E-state index in [1.165, 1.54) is 42.4 Å². The molecule has 2 aromatic carbocycles. The van der Waals surface area contributed by atoms with Crippen molar-refractivity contribution in [2.24, 2.45) is 11.7 Å². The maximum atomic E-state index is 6.45. The van der Waals surface area contributed by atoms with E-state index >= 15 is 0 Å². The monoisotopic (exact) mass is 287 g/mol. The zero-order chi connectivity index (χ0) is 13.1. The molecule has 1 fully saturated rings. The van der Waals surface area contributed by atoms with Crippen molar-refractivity contribution in [1.82, 2.24) is 0 Å². The number of rotatable bonds is 3. The molecule has 0 radical (unpaired) electrons. The van der Waals surface area contributed by atoms with Crippen LogP contribution in [0.25, 0.3) is 11.1 Å². The van der Waals surface area contributed by atoms with Crippen molar-refractivity contribution in [1.29, 1.82) is 0 Å². The highest BCUT2D eigenvalue weighted by molar-refractivity contribution is 5.85. The van der Waals surface area contributed by atoms with E-state index in [-0.39, 0.29) is 18.4 Å². The molecule has 0 aliphatic heterocycles. The van der Waals surface area contributed by atoms with E-state index < -0.39 is 0 Å². The summed E-state index contributed by atoms with van der Waals surface area (Å²) in [6.07, 6.45) is 5.26. The zero-order valence-corrected chi connectivity index (χ0v) is 12.5. The van der Waals surface area contributed by atoms with Crippen molar-refractivity contribution in [3.63, 3.8) is 0 Å². The molecule has 1 aliphatic carbocycles. The Morgan fingerprint density at radius 3 is 2.20 bits per heavy atom. The highest BCUT2D eigenvalue weighted by Crippen LogP contribution is 2.35. The average Bonchev–Trinajstić information content (AvgIpc) is 3.02. The van der Waals surface area contributed by atoms with E-state index in [1.54, 1.807) is 0 Å². The van der Waals surface area contributed by atoms with Gasteiger partial charge in [0, 0.05) is 6.04 Å². The Bertz CT molecular complexity index is 532. The minimum Gasteiger partial charge on any atom is -0.324 e. The molecule has 1 saturated carbocycles. The molecule has 0 saturated heterocycles. The van der Waals surface area contributed by atoms with Crippen LogP contribution >= 0.6 is 12.4 Å². The highest BCUT2D eigenvalue weighted by atomic mass is 35.5. The maximum Gasteiger partial charge on any atom is 0.0323 e. The Balaban J connectivity index is 0.00000147. The molecule has 0 heterocycles. The van der Waals surface area contributed by atoms with Gasteiger partial charge in [-0.3, -0.25) is 0 Å². The molecule has 3 rings (SSSR count). The summed E-state index contributed by atoms with van der Waals surface area (Å²) in [6, 6.07) is 19.5. The fraction of sp³-hybridized carbons (Fsp3) is 0.333. The quantitative estimate of drug-likeness (QED) is 0.848. The molecule has 0 aromatic heterocycles. The average molecular weight is 288 g/mol. The van der Waals surface area contributed by atoms with Gasteiger partial charge in [-0.2, -0.15) is 0 Å². The van der Waals surface area contributed by atoms with E-state index in [0.29, 0.717) is 5.92 Å². The first kappa shape index (κ1) is 15.1. The SMILES string of the molecule is Cl.N[C@@H](c1cccc(-c2ccccc2)c1)C1CCCC1. The van der Waals surface area contributed by atoms with Crippen molar-refractivity contribution < 1.29 is 0 Å². The summed E-state index contributed by atoms with van der Waals surface area (Å²) in [6.45, 7) is 0. The van der Waals surface area contributed by atoms with Crippen LogP contribution in [-0.4, -0.2) is 0 Å². The first-order valence-corrected chi connectivity index (χ1v) is 7.25. The number of hydrogen-bond acceptors (Lipinski definition) is 1. The Kier molecular flexibility index (Phi) is 5.22. The summed E-state index contributed by atoms with van der Waals surface area (Å²) in [7, 11) is 0. The molecule has 2 aromatic rings. The molecule has 1 nitrogen and oxygen atoms in total. The fourth-order valence-corrected chi connectivity index (χ4v) is 3.14. The van der Waals surface area contributed by atoms with Crippen LogP contribution in [0.1, 0.15) is 37.3 Å². The summed E-state index contributed by atoms with van der Waals surface area (Å²) in [4.78, 5) is 0. The Morgan fingerprint density at radius 1 is 0.850 bits per heavy atom. The van der Waals surface area contributed by atoms with Crippen LogP contribution in [0.2, 0.25) is 0 Å². The van der Waals surface area contributed by atoms with Crippen molar-refractivity contribution in [3.05, 3.63) is 60.2 Å². The summed E-state index contributed by atoms with van der Waals surface area (Å²) < 4.78 is 0. The van der Waals surface area contributed by atoms with Gasteiger partial charge in [-0.15, -0.1) is 12.4 Å². The Hall–Kier alpha value is -1.31. The van der Waals surface area contributed by atoms with Gasteiger partial charge >= 0.3 is 0 Å². The van der Waals surface area contributed by atoms with Crippen molar-refractivity contribution in [2.75, 3.05) is 0 Å². The van der Waals surface area contributed by atoms with Crippen molar-refractivity contribution >= 4 is 12.4 Å². The van der Waals surface area contributed by atoms with Gasteiger partial charge in [-0.25, -0.2) is 0 Å². The number of benzene rings is 2. The standard InChI is InChI=1S/C18H21N.ClH/c19-18(15-9-4-5-10-15)17-12-6-11-16(13-17)14-7-2-1-3-8-14;/h1-3,6-8,11-13,15,18H,4-5,9-10,19H2;1H/t18-;/m1./s1. The van der Waals surface area contributed by atoms with E-state index in [9.17, 15) is 0 Å². The van der Waals surface area contributed by atoms with Gasteiger partial charge in [-0.1, -0.05) is 61.4 Å². The topological polar surface area (TPSA) is 26.0 Å². The Morgan fingerprint density at radius 2 is 1.50 bits per heavy atom. The molecular formula is C18H22ClN. The largest absolute Gasteiger partial charge is 0.324 e. The van der Waals surface area contributed by atoms with Gasteiger partial charge in [0.1, 0.15) is 0 Å². The molecule has 2 heteroatoms. The van der Waals surface area contributed by atoms with Crippen LogP contribution in [0.15, 0.2) is 54.6 Å². The van der Waals surface area contributed by atoms with Gasteiger partial charge in [0.2, 0.25) is 0 Å². The van der Waals surface area contributed by atoms with Crippen LogP contribution in [0.4, 0.5) is 0 Å². The van der Waals surface area contributed by atoms with Crippen LogP contribution in [-0.2, 0) is 0 Å². The smallest absolute Gasteiger partial charge is 0.0323 e. The Labute approximate surface area is 127 Å². The predicted molar refractivity (Wildman–Crippen MR) is 88.0 cm³/mol. The van der Waals surface area contributed by atoms with E-state index in [0.717, 1.165) is 0 Å². The molecule has 0 unspecified atom stereocenters. The lowest BCUT2D eigenvalue weighted by Crippen LogP contribution is -2.19. The molecule has 1 aliphatic rings. The lowest BCUT2D eigenvalue weighted by atomic mass is 9.90. The van der Waals surface area contributed by atoms with E-state index in [1.807, 2.05) is 0 Å². The lowest BCUT2D eigenvalue weighted by Gasteiger charge is -2.20. The normalized spacial score (nSPS) is 16.6. The minimum atomic E-state index is 0. The van der Waals surface area contributed by atoms with Crippen molar-refractivity contribution in [2.45, 2.75) is 31.7 Å². The summed E-state index contributed by atoms with van der Waals surface area (Å²) in [5, 5.41) is 0. The predicted octanol–water partition coefficient (Wildman–Crippen LogP) is 4.97. The third-order valence-corrected chi connectivity index (χ3v) is 4.29. The van der Waals surface area contributed by atoms with Gasteiger partial charge < -0.3 is 5.73 Å². The highest BCUT2D eigenvalue weighted by Gasteiger charge is 2.23. The van der Waals surface area contributed by atoms with E-state index in [4.69, 9.17) is 5.73 Å². The van der Waals surface area contributed by atoms with E-state index in [2.05, 4.69) is 54.6 Å². The zero-order valence-electron chi connectivity index (χ0n) is 11.7. The van der Waals surface area contributed by atoms with Crippen LogP contribution in [0.5, 0.6) is 0 Å². The molecule has 20 heavy (non-hydrogen) atoms. The minimum absolute atomic E-state index is 0. The third kappa shape index (κ3) is 3.23. The summed E-state index contributed by atoms with van der Waals surface area (Å²) in [5.41, 5.74) is 10.3. The van der Waals surface area contributed by atoms with Gasteiger partial charge in [-0.05, 0) is 41.5 Å². The third-order valence-electron chi connectivity index (χ3n) is 4.29. The van der Waals surface area contributed by atoms with Crippen LogP contribution in [0.3, 0.4) is 0 Å². The molecule has 0 spiro atoms. The van der Waals surface area contributed by atoms with Gasteiger partial charge in [0.25, 0.3) is 0 Å². The van der Waals surface area contributed by atoms with Crippen LogP contribution < -0.4 is 5.73 Å². The lowest BCUT2D eigenvalue weighted by molar-refractivity contribution is 0.445. The molecule has 0 amide bonds. The van der Waals surface area contributed by atoms with Crippen molar-refractivity contribution in [3.8, 4) is 11.1 Å². The molecular weight excluding hydrogens is 266 g/mol. The van der Waals surface area contributed by atoms with Gasteiger partial charge in [0.05, 0.1) is 0 Å².